The zero-order valence-electron chi connectivity index (χ0n) is 8.55. The van der Waals surface area contributed by atoms with Crippen LogP contribution in [-0.2, 0) is 0 Å². The normalized spacial score (nSPS) is 13.2. The van der Waals surface area contributed by atoms with Gasteiger partial charge in [-0.05, 0) is 52.4 Å². The second-order valence-corrected chi connectivity index (χ2v) is 3.23. The van der Waals surface area contributed by atoms with E-state index in [9.17, 15) is 0 Å². The van der Waals surface area contributed by atoms with Gasteiger partial charge in [-0.1, -0.05) is 0 Å². The van der Waals surface area contributed by atoms with Crippen LogP contribution < -0.4 is 16.4 Å². The molecule has 4 heteroatoms. The van der Waals surface area contributed by atoms with Crippen molar-refractivity contribution in [2.45, 2.75) is 32.4 Å². The Bertz CT molecular complexity index is 98.9. The van der Waals surface area contributed by atoms with Gasteiger partial charge in [0.25, 0.3) is 0 Å². The maximum absolute atomic E-state index is 8.88. The quantitative estimate of drug-likeness (QED) is 0.295. The first-order valence-corrected chi connectivity index (χ1v) is 5.09. The third kappa shape index (κ3) is 11.8. The maximum Gasteiger partial charge on any atom is 0.102 e. The van der Waals surface area contributed by atoms with Crippen molar-refractivity contribution in [3.8, 4) is 0 Å². The van der Waals surface area contributed by atoms with Crippen molar-refractivity contribution in [1.82, 2.24) is 10.6 Å². The van der Waals surface area contributed by atoms with Crippen molar-refractivity contribution in [2.24, 2.45) is 5.73 Å². The first-order valence-electron chi connectivity index (χ1n) is 5.09. The lowest BCUT2D eigenvalue weighted by Gasteiger charge is -2.07. The highest BCUT2D eigenvalue weighted by Crippen LogP contribution is 1.83. The van der Waals surface area contributed by atoms with Crippen molar-refractivity contribution in [3.05, 3.63) is 0 Å². The minimum absolute atomic E-state index is 0.391. The van der Waals surface area contributed by atoms with Gasteiger partial charge in [0, 0.05) is 0 Å². The minimum Gasteiger partial charge on any atom is -0.379 e. The summed E-state index contributed by atoms with van der Waals surface area (Å²) in [7, 11) is 0. The standard InChI is InChI=1S/C9H23N3O/c1-9(13)12-8-4-7-11-6-3-2-5-10/h9,11-13H,2-8,10H2,1H3. The lowest BCUT2D eigenvalue weighted by molar-refractivity contribution is 0.156. The summed E-state index contributed by atoms with van der Waals surface area (Å²) in [4.78, 5) is 0. The Kier molecular flexibility index (Phi) is 9.80. The molecule has 0 aromatic rings. The number of nitrogens with two attached hydrogens (primary N) is 1. The number of hydrogen-bond donors (Lipinski definition) is 4. The van der Waals surface area contributed by atoms with Gasteiger partial charge in [-0.3, -0.25) is 5.32 Å². The van der Waals surface area contributed by atoms with Crippen molar-refractivity contribution >= 4 is 0 Å². The summed E-state index contributed by atoms with van der Waals surface area (Å²) in [6.07, 6.45) is 2.91. The van der Waals surface area contributed by atoms with Gasteiger partial charge in [0.05, 0.1) is 0 Å². The molecule has 0 spiro atoms. The van der Waals surface area contributed by atoms with Crippen LogP contribution in [-0.4, -0.2) is 37.5 Å². The molecule has 0 aliphatic heterocycles. The molecule has 0 saturated carbocycles. The Morgan fingerprint density at radius 3 is 2.46 bits per heavy atom. The minimum atomic E-state index is -0.391. The molecule has 0 heterocycles. The fourth-order valence-corrected chi connectivity index (χ4v) is 1.04. The number of hydrogen-bond acceptors (Lipinski definition) is 4. The SMILES string of the molecule is CC(O)NCCCNCCCCN. The van der Waals surface area contributed by atoms with Crippen LogP contribution in [0.3, 0.4) is 0 Å². The first-order chi connectivity index (χ1) is 6.27. The van der Waals surface area contributed by atoms with Crippen LogP contribution in [0.2, 0.25) is 0 Å². The summed E-state index contributed by atoms with van der Waals surface area (Å²) in [5.41, 5.74) is 5.36. The molecular formula is C9H23N3O. The van der Waals surface area contributed by atoms with E-state index in [1.807, 2.05) is 0 Å². The predicted molar refractivity (Wildman–Crippen MR) is 55.5 cm³/mol. The van der Waals surface area contributed by atoms with Crippen LogP contribution in [0.25, 0.3) is 0 Å². The van der Waals surface area contributed by atoms with Crippen molar-refractivity contribution in [3.63, 3.8) is 0 Å². The average Bonchev–Trinajstić information content (AvgIpc) is 2.09. The van der Waals surface area contributed by atoms with Crippen LogP contribution in [0.15, 0.2) is 0 Å². The van der Waals surface area contributed by atoms with Crippen molar-refractivity contribution in [2.75, 3.05) is 26.2 Å². The molecule has 0 fully saturated rings. The molecular weight excluding hydrogens is 166 g/mol. The Morgan fingerprint density at radius 2 is 1.85 bits per heavy atom. The van der Waals surface area contributed by atoms with Crippen LogP contribution >= 0.6 is 0 Å². The van der Waals surface area contributed by atoms with Gasteiger partial charge in [0.1, 0.15) is 6.23 Å². The smallest absolute Gasteiger partial charge is 0.102 e. The monoisotopic (exact) mass is 189 g/mol. The number of rotatable bonds is 9. The molecule has 0 saturated heterocycles. The van der Waals surface area contributed by atoms with Crippen LogP contribution in [0.5, 0.6) is 0 Å². The lowest BCUT2D eigenvalue weighted by atomic mass is 10.3. The molecule has 5 N–H and O–H groups in total. The zero-order valence-corrected chi connectivity index (χ0v) is 8.55. The third-order valence-corrected chi connectivity index (χ3v) is 1.78. The van der Waals surface area contributed by atoms with E-state index in [0.717, 1.165) is 45.4 Å². The van der Waals surface area contributed by atoms with E-state index in [-0.39, 0.29) is 0 Å². The summed E-state index contributed by atoms with van der Waals surface area (Å²) in [6.45, 7) is 5.43. The molecule has 0 aromatic heterocycles. The number of nitrogens with one attached hydrogen (secondary N) is 2. The Hall–Kier alpha value is -0.160. The molecule has 1 unspecified atom stereocenters. The molecule has 0 aliphatic carbocycles. The van der Waals surface area contributed by atoms with Crippen molar-refractivity contribution in [1.29, 1.82) is 0 Å². The Labute approximate surface area is 80.9 Å². The van der Waals surface area contributed by atoms with E-state index in [1.54, 1.807) is 6.92 Å². The van der Waals surface area contributed by atoms with Gasteiger partial charge in [-0.15, -0.1) is 0 Å². The molecule has 0 amide bonds. The molecule has 80 valence electrons. The van der Waals surface area contributed by atoms with Gasteiger partial charge in [-0.2, -0.15) is 0 Å². The highest BCUT2D eigenvalue weighted by Gasteiger charge is 1.92. The van der Waals surface area contributed by atoms with E-state index in [4.69, 9.17) is 10.8 Å². The number of aliphatic hydroxyl groups is 1. The largest absolute Gasteiger partial charge is 0.379 e. The Balaban J connectivity index is 2.84. The summed E-state index contributed by atoms with van der Waals surface area (Å²) in [5, 5.41) is 15.1. The first kappa shape index (κ1) is 12.8. The summed E-state index contributed by atoms with van der Waals surface area (Å²) in [5.74, 6) is 0. The number of unbranched alkanes of at least 4 members (excludes halogenated alkanes) is 1. The van der Waals surface area contributed by atoms with Gasteiger partial charge >= 0.3 is 0 Å². The summed E-state index contributed by atoms with van der Waals surface area (Å²) < 4.78 is 0. The van der Waals surface area contributed by atoms with E-state index in [2.05, 4.69) is 10.6 Å². The summed E-state index contributed by atoms with van der Waals surface area (Å²) >= 11 is 0. The molecule has 0 aromatic carbocycles. The van der Waals surface area contributed by atoms with Gasteiger partial charge in [0.2, 0.25) is 0 Å². The van der Waals surface area contributed by atoms with Crippen LogP contribution in [0.1, 0.15) is 26.2 Å². The van der Waals surface area contributed by atoms with E-state index in [1.165, 1.54) is 0 Å². The van der Waals surface area contributed by atoms with E-state index in [0.29, 0.717) is 0 Å². The molecule has 0 bridgehead atoms. The highest BCUT2D eigenvalue weighted by atomic mass is 16.3. The fourth-order valence-electron chi connectivity index (χ4n) is 1.04. The summed E-state index contributed by atoms with van der Waals surface area (Å²) in [6, 6.07) is 0. The fraction of sp³-hybridized carbons (Fsp3) is 1.00. The Morgan fingerprint density at radius 1 is 1.15 bits per heavy atom. The second kappa shape index (κ2) is 9.92. The van der Waals surface area contributed by atoms with Crippen LogP contribution in [0, 0.1) is 0 Å². The molecule has 0 radical (unpaired) electrons. The highest BCUT2D eigenvalue weighted by molar-refractivity contribution is 4.52. The lowest BCUT2D eigenvalue weighted by Crippen LogP contribution is -2.29. The second-order valence-electron chi connectivity index (χ2n) is 3.23. The predicted octanol–water partition coefficient (Wildman–Crippen LogP) is -0.367. The van der Waals surface area contributed by atoms with Crippen molar-refractivity contribution < 1.29 is 5.11 Å². The third-order valence-electron chi connectivity index (χ3n) is 1.78. The topological polar surface area (TPSA) is 70.3 Å². The average molecular weight is 189 g/mol. The maximum atomic E-state index is 8.88. The van der Waals surface area contributed by atoms with Gasteiger partial charge in [0.15, 0.2) is 0 Å². The van der Waals surface area contributed by atoms with Crippen LogP contribution in [0.4, 0.5) is 0 Å². The zero-order chi connectivity index (χ0) is 9.94. The van der Waals surface area contributed by atoms with Gasteiger partial charge in [-0.25, -0.2) is 0 Å². The van der Waals surface area contributed by atoms with E-state index < -0.39 is 6.23 Å². The molecule has 0 aliphatic rings. The molecule has 0 rings (SSSR count). The molecule has 1 atom stereocenters. The van der Waals surface area contributed by atoms with E-state index >= 15 is 0 Å². The molecule has 4 nitrogen and oxygen atoms in total. The molecule has 13 heavy (non-hydrogen) atoms. The number of aliphatic hydroxyl groups excluding tert-OH is 1. The van der Waals surface area contributed by atoms with Gasteiger partial charge < -0.3 is 16.2 Å².